The molecule has 74 valence electrons. The molecule has 0 aliphatic heterocycles. The summed E-state index contributed by atoms with van der Waals surface area (Å²) in [6.45, 7) is 0. The van der Waals surface area contributed by atoms with E-state index in [-0.39, 0.29) is 17.3 Å². The minimum absolute atomic E-state index is 0.0247. The number of hydrogen-bond donors (Lipinski definition) is 0. The number of hydrogen-bond acceptors (Lipinski definition) is 4. The van der Waals surface area contributed by atoms with Gasteiger partial charge >= 0.3 is 11.9 Å². The van der Waals surface area contributed by atoms with Crippen LogP contribution in [0.15, 0.2) is 10.8 Å². The molecule has 0 N–H and O–H groups in total. The van der Waals surface area contributed by atoms with Gasteiger partial charge in [0.2, 0.25) is 0 Å². The number of halogens is 2. The highest BCUT2D eigenvalue weighted by atomic mass is 35.5. The molecule has 0 atom stereocenters. The van der Waals surface area contributed by atoms with Gasteiger partial charge in [-0.05, 0) is 0 Å². The van der Waals surface area contributed by atoms with Crippen LogP contribution in [0.25, 0.3) is 0 Å². The molecule has 0 spiro atoms. The van der Waals surface area contributed by atoms with Crippen LogP contribution in [-0.4, -0.2) is 19.0 Å². The van der Waals surface area contributed by atoms with Gasteiger partial charge in [-0.2, -0.15) is 0 Å². The lowest BCUT2D eigenvalue weighted by Crippen LogP contribution is -2.06. The Hall–Kier alpha value is -0.740. The van der Waals surface area contributed by atoms with Gasteiger partial charge in [-0.3, -0.25) is 9.59 Å². The molecule has 0 unspecified atom stereocenters. The first-order valence-electron chi connectivity index (χ1n) is 3.33. The lowest BCUT2D eigenvalue weighted by Gasteiger charge is -1.98. The first-order chi connectivity index (χ1) is 6.06. The van der Waals surface area contributed by atoms with Gasteiger partial charge < -0.3 is 9.47 Å². The summed E-state index contributed by atoms with van der Waals surface area (Å²) in [5.41, 5.74) is 0. The molecule has 0 heterocycles. The SMILES string of the molecule is COC(=O)CCC(=O)OC=C(Cl)Cl. The fraction of sp³-hybridized carbons (Fsp3) is 0.429. The molecule has 0 bridgehead atoms. The summed E-state index contributed by atoms with van der Waals surface area (Å²) in [4.78, 5) is 21.3. The van der Waals surface area contributed by atoms with Crippen molar-refractivity contribution in [3.63, 3.8) is 0 Å². The summed E-state index contributed by atoms with van der Waals surface area (Å²) in [6, 6.07) is 0. The van der Waals surface area contributed by atoms with Gasteiger partial charge in [0.1, 0.15) is 10.8 Å². The zero-order chi connectivity index (χ0) is 10.3. The second-order valence-corrected chi connectivity index (χ2v) is 2.98. The summed E-state index contributed by atoms with van der Waals surface area (Å²) in [5, 5.41) is 0. The topological polar surface area (TPSA) is 52.6 Å². The molecule has 4 nitrogen and oxygen atoms in total. The van der Waals surface area contributed by atoms with Crippen LogP contribution in [0, 0.1) is 0 Å². The van der Waals surface area contributed by atoms with Crippen molar-refractivity contribution < 1.29 is 19.1 Å². The molecule has 0 aromatic carbocycles. The molecule has 0 aliphatic rings. The maximum absolute atomic E-state index is 10.8. The van der Waals surface area contributed by atoms with E-state index in [9.17, 15) is 9.59 Å². The molecule has 0 amide bonds. The number of methoxy groups -OCH3 is 1. The van der Waals surface area contributed by atoms with Crippen LogP contribution in [-0.2, 0) is 19.1 Å². The lowest BCUT2D eigenvalue weighted by atomic mass is 10.3. The van der Waals surface area contributed by atoms with E-state index < -0.39 is 11.9 Å². The van der Waals surface area contributed by atoms with Crippen LogP contribution in [0.4, 0.5) is 0 Å². The number of esters is 2. The summed E-state index contributed by atoms with van der Waals surface area (Å²) in [7, 11) is 1.24. The highest BCUT2D eigenvalue weighted by Gasteiger charge is 2.06. The number of carbonyl (C=O) groups is 2. The highest BCUT2D eigenvalue weighted by Crippen LogP contribution is 2.06. The summed E-state index contributed by atoms with van der Waals surface area (Å²) in [6.07, 6.45) is 0.802. The minimum atomic E-state index is -0.593. The van der Waals surface area contributed by atoms with Crippen molar-refractivity contribution in [2.45, 2.75) is 12.8 Å². The van der Waals surface area contributed by atoms with E-state index in [0.717, 1.165) is 6.26 Å². The second kappa shape index (κ2) is 6.74. The average molecular weight is 227 g/mol. The molecule has 0 rings (SSSR count). The molecule has 0 radical (unpaired) electrons. The van der Waals surface area contributed by atoms with Crippen molar-refractivity contribution in [1.29, 1.82) is 0 Å². The van der Waals surface area contributed by atoms with E-state index in [1.807, 2.05) is 0 Å². The Labute approximate surface area is 85.4 Å². The third kappa shape index (κ3) is 7.62. The highest BCUT2D eigenvalue weighted by molar-refractivity contribution is 6.55. The Morgan fingerprint density at radius 1 is 1.23 bits per heavy atom. The quantitative estimate of drug-likeness (QED) is 0.542. The van der Waals surface area contributed by atoms with Crippen LogP contribution in [0.1, 0.15) is 12.8 Å². The van der Waals surface area contributed by atoms with Crippen LogP contribution >= 0.6 is 23.2 Å². The van der Waals surface area contributed by atoms with E-state index in [1.54, 1.807) is 0 Å². The normalized spacial score (nSPS) is 8.85. The van der Waals surface area contributed by atoms with Crippen molar-refractivity contribution in [3.8, 4) is 0 Å². The number of rotatable bonds is 4. The third-order valence-electron chi connectivity index (χ3n) is 1.04. The van der Waals surface area contributed by atoms with E-state index in [4.69, 9.17) is 23.2 Å². The Kier molecular flexibility index (Phi) is 6.36. The smallest absolute Gasteiger partial charge is 0.311 e. The van der Waals surface area contributed by atoms with Gasteiger partial charge in [0.25, 0.3) is 0 Å². The van der Waals surface area contributed by atoms with Gasteiger partial charge in [0.05, 0.1) is 20.0 Å². The van der Waals surface area contributed by atoms with E-state index in [0.29, 0.717) is 0 Å². The molecule has 13 heavy (non-hydrogen) atoms. The Morgan fingerprint density at radius 3 is 2.23 bits per heavy atom. The zero-order valence-electron chi connectivity index (χ0n) is 6.88. The predicted molar refractivity (Wildman–Crippen MR) is 47.1 cm³/mol. The van der Waals surface area contributed by atoms with Gasteiger partial charge in [0, 0.05) is 0 Å². The maximum Gasteiger partial charge on any atom is 0.311 e. The van der Waals surface area contributed by atoms with Crippen molar-refractivity contribution >= 4 is 35.1 Å². The van der Waals surface area contributed by atoms with Crippen LogP contribution in [0.3, 0.4) is 0 Å². The van der Waals surface area contributed by atoms with Crippen molar-refractivity contribution in [2.75, 3.05) is 7.11 Å². The van der Waals surface area contributed by atoms with Crippen LogP contribution in [0.5, 0.6) is 0 Å². The molecule has 0 fully saturated rings. The van der Waals surface area contributed by atoms with Crippen molar-refractivity contribution in [1.82, 2.24) is 0 Å². The van der Waals surface area contributed by atoms with E-state index in [2.05, 4.69) is 9.47 Å². The fourth-order valence-electron chi connectivity index (χ4n) is 0.475. The molecule has 0 saturated heterocycles. The summed E-state index contributed by atoms with van der Waals surface area (Å²) < 4.78 is 8.58. The Morgan fingerprint density at radius 2 is 1.77 bits per heavy atom. The van der Waals surface area contributed by atoms with Crippen molar-refractivity contribution in [2.24, 2.45) is 0 Å². The van der Waals surface area contributed by atoms with Gasteiger partial charge in [-0.1, -0.05) is 23.2 Å². The largest absolute Gasteiger partial charge is 0.469 e. The molecule has 0 aromatic rings. The molecule has 0 aromatic heterocycles. The fourth-order valence-corrected chi connectivity index (χ4v) is 0.564. The average Bonchev–Trinajstić information content (AvgIpc) is 2.10. The third-order valence-corrected chi connectivity index (χ3v) is 1.22. The number of carbonyl (C=O) groups excluding carboxylic acids is 2. The zero-order valence-corrected chi connectivity index (χ0v) is 8.39. The van der Waals surface area contributed by atoms with Crippen LogP contribution in [0.2, 0.25) is 0 Å². The van der Waals surface area contributed by atoms with E-state index >= 15 is 0 Å². The standard InChI is InChI=1S/C7H8Cl2O4/c1-12-6(10)2-3-7(11)13-4-5(8)9/h4H,2-3H2,1H3. The molecular weight excluding hydrogens is 219 g/mol. The maximum atomic E-state index is 10.8. The van der Waals surface area contributed by atoms with Gasteiger partial charge in [0.15, 0.2) is 0 Å². The summed E-state index contributed by atoms with van der Waals surface area (Å²) >= 11 is 10.3. The Balaban J connectivity index is 3.64. The first kappa shape index (κ1) is 12.3. The molecule has 6 heteroatoms. The minimum Gasteiger partial charge on any atom is -0.469 e. The summed E-state index contributed by atoms with van der Waals surface area (Å²) in [5.74, 6) is -1.07. The van der Waals surface area contributed by atoms with Gasteiger partial charge in [-0.25, -0.2) is 0 Å². The second-order valence-electron chi connectivity index (χ2n) is 1.97. The molecular formula is C7H8Cl2O4. The van der Waals surface area contributed by atoms with Crippen LogP contribution < -0.4 is 0 Å². The van der Waals surface area contributed by atoms with Crippen molar-refractivity contribution in [3.05, 3.63) is 10.8 Å². The molecule has 0 aliphatic carbocycles. The van der Waals surface area contributed by atoms with E-state index in [1.165, 1.54) is 7.11 Å². The monoisotopic (exact) mass is 226 g/mol. The predicted octanol–water partition coefficient (Wildman–Crippen LogP) is 1.76. The first-order valence-corrected chi connectivity index (χ1v) is 4.09. The Bertz CT molecular complexity index is 221. The molecule has 0 saturated carbocycles. The van der Waals surface area contributed by atoms with Gasteiger partial charge in [-0.15, -0.1) is 0 Å². The lowest BCUT2D eigenvalue weighted by molar-refractivity contribution is -0.145. The number of ether oxygens (including phenoxy) is 2.